The first-order valence-electron chi connectivity index (χ1n) is 6.09. The molecule has 0 aromatic heterocycles. The number of hydrogen-bond donors (Lipinski definition) is 2. The molecule has 5 heteroatoms. The molecule has 2 N–H and O–H groups in total. The predicted molar refractivity (Wildman–Crippen MR) is 75.9 cm³/mol. The summed E-state index contributed by atoms with van der Waals surface area (Å²) in [6.45, 7) is 4.93. The second kappa shape index (κ2) is 4.83. The van der Waals surface area contributed by atoms with Crippen LogP contribution in [0.4, 0.5) is 0 Å². The Labute approximate surface area is 118 Å². The van der Waals surface area contributed by atoms with E-state index in [4.69, 9.17) is 0 Å². The maximum absolute atomic E-state index is 12.6. The minimum absolute atomic E-state index is 0.0508. The summed E-state index contributed by atoms with van der Waals surface area (Å²) < 4.78 is 25.3. The Kier molecular flexibility index (Phi) is 3.48. The number of phenols is 2. The molecule has 0 unspecified atom stereocenters. The molecule has 0 saturated carbocycles. The molecule has 4 nitrogen and oxygen atoms in total. The molecule has 0 aliphatic rings. The average molecular weight is 292 g/mol. The molecule has 0 atom stereocenters. The van der Waals surface area contributed by atoms with Crippen LogP contribution in [-0.4, -0.2) is 18.6 Å². The monoisotopic (exact) mass is 292 g/mol. The molecule has 0 spiro atoms. The Bertz CT molecular complexity index is 777. The highest BCUT2D eigenvalue weighted by atomic mass is 32.2. The molecule has 0 amide bonds. The van der Waals surface area contributed by atoms with Crippen molar-refractivity contribution in [1.29, 1.82) is 0 Å². The van der Waals surface area contributed by atoms with Gasteiger partial charge in [-0.1, -0.05) is 12.1 Å². The fourth-order valence-corrected chi connectivity index (χ4v) is 3.75. The number of phenolic OH excluding ortho intramolecular Hbond substituents is 2. The zero-order chi connectivity index (χ0) is 15.1. The van der Waals surface area contributed by atoms with E-state index in [0.717, 1.165) is 0 Å². The number of para-hydroxylation sites is 1. The first kappa shape index (κ1) is 14.4. The number of benzene rings is 2. The maximum Gasteiger partial charge on any atom is 0.210 e. The number of aryl methyl sites for hydroxylation is 1. The van der Waals surface area contributed by atoms with E-state index in [9.17, 15) is 18.6 Å². The van der Waals surface area contributed by atoms with Gasteiger partial charge in [0.25, 0.3) is 0 Å². The third-order valence-corrected chi connectivity index (χ3v) is 5.42. The van der Waals surface area contributed by atoms with Crippen LogP contribution in [0.2, 0.25) is 0 Å². The summed E-state index contributed by atoms with van der Waals surface area (Å²) in [6.07, 6.45) is 0. The van der Waals surface area contributed by atoms with E-state index < -0.39 is 9.84 Å². The molecule has 0 aliphatic carbocycles. The van der Waals surface area contributed by atoms with Gasteiger partial charge in [-0.2, -0.15) is 0 Å². The maximum atomic E-state index is 12.6. The Morgan fingerprint density at radius 1 is 0.850 bits per heavy atom. The largest absolute Gasteiger partial charge is 0.508 e. The molecule has 0 aliphatic heterocycles. The van der Waals surface area contributed by atoms with Crippen molar-refractivity contribution < 1.29 is 18.6 Å². The van der Waals surface area contributed by atoms with Crippen molar-refractivity contribution in [3.63, 3.8) is 0 Å². The molecule has 2 aromatic carbocycles. The van der Waals surface area contributed by atoms with Gasteiger partial charge in [-0.05, 0) is 55.7 Å². The van der Waals surface area contributed by atoms with E-state index in [2.05, 4.69) is 0 Å². The molecule has 20 heavy (non-hydrogen) atoms. The van der Waals surface area contributed by atoms with Crippen LogP contribution in [0.3, 0.4) is 0 Å². The number of hydrogen-bond acceptors (Lipinski definition) is 4. The zero-order valence-electron chi connectivity index (χ0n) is 11.5. The predicted octanol–water partition coefficient (Wildman–Crippen LogP) is 2.86. The van der Waals surface area contributed by atoms with Gasteiger partial charge in [0.15, 0.2) is 0 Å². The Morgan fingerprint density at radius 2 is 1.50 bits per heavy atom. The van der Waals surface area contributed by atoms with E-state index in [1.807, 2.05) is 0 Å². The Hall–Kier alpha value is -2.01. The van der Waals surface area contributed by atoms with Crippen LogP contribution in [0.25, 0.3) is 0 Å². The third kappa shape index (κ3) is 2.14. The smallest absolute Gasteiger partial charge is 0.210 e. The third-order valence-electron chi connectivity index (χ3n) is 3.49. The molecule has 0 saturated heterocycles. The van der Waals surface area contributed by atoms with E-state index in [1.165, 1.54) is 18.2 Å². The minimum Gasteiger partial charge on any atom is -0.508 e. The lowest BCUT2D eigenvalue weighted by Crippen LogP contribution is -2.06. The summed E-state index contributed by atoms with van der Waals surface area (Å²) in [7, 11) is -3.82. The lowest BCUT2D eigenvalue weighted by atomic mass is 10.1. The van der Waals surface area contributed by atoms with Crippen LogP contribution in [0.15, 0.2) is 40.1 Å². The molecule has 2 aromatic rings. The van der Waals surface area contributed by atoms with Gasteiger partial charge >= 0.3 is 0 Å². The molecule has 106 valence electrons. The molecule has 0 bridgehead atoms. The molecular weight excluding hydrogens is 276 g/mol. The van der Waals surface area contributed by atoms with Crippen LogP contribution in [-0.2, 0) is 9.84 Å². The first-order chi connectivity index (χ1) is 9.26. The number of sulfone groups is 1. The summed E-state index contributed by atoms with van der Waals surface area (Å²) in [5, 5.41) is 19.6. The normalized spacial score (nSPS) is 11.6. The number of rotatable bonds is 2. The van der Waals surface area contributed by atoms with Crippen molar-refractivity contribution in [2.75, 3.05) is 0 Å². The topological polar surface area (TPSA) is 74.6 Å². The van der Waals surface area contributed by atoms with Crippen LogP contribution in [0.5, 0.6) is 11.5 Å². The molecular formula is C15H16O4S. The van der Waals surface area contributed by atoms with E-state index in [1.54, 1.807) is 32.9 Å². The fraction of sp³-hybridized carbons (Fsp3) is 0.200. The summed E-state index contributed by atoms with van der Waals surface area (Å²) in [6, 6.07) is 7.31. The summed E-state index contributed by atoms with van der Waals surface area (Å²) in [4.78, 5) is -0.0283. The average Bonchev–Trinajstić information content (AvgIpc) is 2.38. The number of aromatic hydroxyl groups is 2. The van der Waals surface area contributed by atoms with Gasteiger partial charge in [0.1, 0.15) is 16.4 Å². The van der Waals surface area contributed by atoms with Crippen molar-refractivity contribution in [3.05, 3.63) is 47.0 Å². The van der Waals surface area contributed by atoms with Crippen molar-refractivity contribution in [2.45, 2.75) is 30.6 Å². The lowest BCUT2D eigenvalue weighted by Gasteiger charge is -2.13. The molecule has 0 fully saturated rings. The highest BCUT2D eigenvalue weighted by Crippen LogP contribution is 2.34. The minimum atomic E-state index is -3.82. The van der Waals surface area contributed by atoms with Gasteiger partial charge in [0, 0.05) is 0 Å². The van der Waals surface area contributed by atoms with E-state index in [-0.39, 0.29) is 21.3 Å². The van der Waals surface area contributed by atoms with Gasteiger partial charge in [0.2, 0.25) is 9.84 Å². The summed E-state index contributed by atoms with van der Waals surface area (Å²) in [5.41, 5.74) is 1.49. The first-order valence-corrected chi connectivity index (χ1v) is 7.58. The Morgan fingerprint density at radius 3 is 2.15 bits per heavy atom. The van der Waals surface area contributed by atoms with Crippen LogP contribution in [0.1, 0.15) is 16.7 Å². The lowest BCUT2D eigenvalue weighted by molar-refractivity contribution is 0.454. The fourth-order valence-electron chi connectivity index (χ4n) is 2.04. The van der Waals surface area contributed by atoms with Crippen LogP contribution < -0.4 is 0 Å². The molecule has 2 rings (SSSR count). The second-order valence-corrected chi connectivity index (χ2v) is 6.64. The summed E-state index contributed by atoms with van der Waals surface area (Å²) >= 11 is 0. The van der Waals surface area contributed by atoms with Crippen LogP contribution >= 0.6 is 0 Å². The summed E-state index contributed by atoms with van der Waals surface area (Å²) in [5.74, 6) is -0.187. The van der Waals surface area contributed by atoms with Gasteiger partial charge < -0.3 is 10.2 Å². The van der Waals surface area contributed by atoms with Crippen molar-refractivity contribution in [1.82, 2.24) is 0 Å². The SMILES string of the molecule is Cc1cccc(S(=O)(=O)c2ccc(O)c(C)c2C)c1O. The quantitative estimate of drug-likeness (QED) is 0.892. The van der Waals surface area contributed by atoms with Crippen LogP contribution in [0, 0.1) is 20.8 Å². The molecule has 0 radical (unpaired) electrons. The van der Waals surface area contributed by atoms with E-state index >= 15 is 0 Å². The van der Waals surface area contributed by atoms with Gasteiger partial charge in [-0.25, -0.2) is 8.42 Å². The second-order valence-electron chi connectivity index (χ2n) is 4.76. The molecule has 0 heterocycles. The highest BCUT2D eigenvalue weighted by Gasteiger charge is 2.25. The van der Waals surface area contributed by atoms with Crippen molar-refractivity contribution in [3.8, 4) is 11.5 Å². The van der Waals surface area contributed by atoms with Crippen molar-refractivity contribution in [2.24, 2.45) is 0 Å². The van der Waals surface area contributed by atoms with Gasteiger partial charge in [0.05, 0.1) is 4.90 Å². The Balaban J connectivity index is 2.74. The highest BCUT2D eigenvalue weighted by molar-refractivity contribution is 7.91. The van der Waals surface area contributed by atoms with E-state index in [0.29, 0.717) is 16.7 Å². The zero-order valence-corrected chi connectivity index (χ0v) is 12.3. The van der Waals surface area contributed by atoms with Gasteiger partial charge in [-0.3, -0.25) is 0 Å². The standard InChI is InChI=1S/C15H16O4S/c1-9-5-4-6-14(15(9)17)20(18,19)13-8-7-12(16)10(2)11(13)3/h4-8,16-17H,1-3H3. The van der Waals surface area contributed by atoms with Crippen molar-refractivity contribution >= 4 is 9.84 Å². The van der Waals surface area contributed by atoms with Gasteiger partial charge in [-0.15, -0.1) is 0 Å².